The van der Waals surface area contributed by atoms with Gasteiger partial charge in [-0.3, -0.25) is 4.79 Å². The first-order valence-corrected chi connectivity index (χ1v) is 4.41. The van der Waals surface area contributed by atoms with Crippen LogP contribution in [0.3, 0.4) is 0 Å². The van der Waals surface area contributed by atoms with Crippen molar-refractivity contribution in [2.24, 2.45) is 0 Å². The van der Waals surface area contributed by atoms with E-state index in [4.69, 9.17) is 10.6 Å². The number of nitrogens with two attached hydrogens (primary N) is 1. The van der Waals surface area contributed by atoms with E-state index in [9.17, 15) is 9.59 Å². The summed E-state index contributed by atoms with van der Waals surface area (Å²) >= 11 is 0. The molecule has 15 heavy (non-hydrogen) atoms. The molecule has 7 nitrogen and oxygen atoms in total. The zero-order valence-corrected chi connectivity index (χ0v) is 8.93. The smallest absolute Gasteiger partial charge is 0.364 e. The Kier molecular flexibility index (Phi) is 2.83. The van der Waals surface area contributed by atoms with E-state index in [1.807, 2.05) is 0 Å². The highest BCUT2D eigenvalue weighted by Crippen LogP contribution is 2.06. The van der Waals surface area contributed by atoms with Crippen LogP contribution in [0, 0.1) is 0 Å². The number of aromatic nitrogens is 3. The molecular formula is C8H14N4O3. The summed E-state index contributed by atoms with van der Waals surface area (Å²) in [6, 6.07) is 0. The quantitative estimate of drug-likeness (QED) is 0.508. The third-order valence-electron chi connectivity index (χ3n) is 1.46. The average Bonchev–Trinajstić information content (AvgIpc) is 2.32. The summed E-state index contributed by atoms with van der Waals surface area (Å²) in [5, 5.41) is 3.63. The molecule has 0 aliphatic rings. The Morgan fingerprint density at radius 3 is 2.60 bits per heavy atom. The van der Waals surface area contributed by atoms with Crippen LogP contribution in [0.4, 0.5) is 0 Å². The van der Waals surface area contributed by atoms with Crippen LogP contribution in [0.2, 0.25) is 0 Å². The number of nitrogens with zero attached hydrogens (tertiary/aromatic N) is 3. The molecule has 0 aliphatic carbocycles. The molecule has 0 atom stereocenters. The van der Waals surface area contributed by atoms with Gasteiger partial charge < -0.3 is 10.6 Å². The van der Waals surface area contributed by atoms with Gasteiger partial charge in [-0.05, 0) is 20.8 Å². The first-order valence-electron chi connectivity index (χ1n) is 4.41. The number of rotatable bonds is 2. The summed E-state index contributed by atoms with van der Waals surface area (Å²) in [6.07, 6.45) is 1.13. The van der Waals surface area contributed by atoms with E-state index < -0.39 is 17.3 Å². The van der Waals surface area contributed by atoms with Gasteiger partial charge in [0.15, 0.2) is 0 Å². The van der Waals surface area contributed by atoms with Crippen molar-refractivity contribution in [1.82, 2.24) is 14.5 Å². The number of hydrogen-bond acceptors (Lipinski definition) is 5. The first-order chi connectivity index (χ1) is 6.79. The largest absolute Gasteiger partial charge is 0.459 e. The molecule has 0 fully saturated rings. The predicted molar refractivity (Wildman–Crippen MR) is 52.5 cm³/mol. The van der Waals surface area contributed by atoms with Gasteiger partial charge in [0, 0.05) is 0 Å². The number of ether oxygens (including phenoxy) is 1. The van der Waals surface area contributed by atoms with Crippen molar-refractivity contribution < 1.29 is 9.53 Å². The maximum atomic E-state index is 11.3. The standard InChI is InChI=1S/C8H14N4O3/c1-8(2,3)15-6(13)4-12-7(14)11(9)5-10-12/h5H,4,9H2,1-3H3. The number of esters is 1. The van der Waals surface area contributed by atoms with Gasteiger partial charge in [0.25, 0.3) is 0 Å². The van der Waals surface area contributed by atoms with Gasteiger partial charge in [0.2, 0.25) is 0 Å². The monoisotopic (exact) mass is 214 g/mol. The van der Waals surface area contributed by atoms with E-state index in [1.165, 1.54) is 0 Å². The Bertz CT molecular complexity index is 412. The molecule has 0 bridgehead atoms. The van der Waals surface area contributed by atoms with Crippen LogP contribution in [0.1, 0.15) is 20.8 Å². The Balaban J connectivity index is 2.68. The van der Waals surface area contributed by atoms with Crippen LogP contribution in [0.15, 0.2) is 11.1 Å². The van der Waals surface area contributed by atoms with E-state index in [-0.39, 0.29) is 6.54 Å². The van der Waals surface area contributed by atoms with Gasteiger partial charge in [-0.2, -0.15) is 9.77 Å². The zero-order chi connectivity index (χ0) is 11.6. The molecule has 7 heteroatoms. The third kappa shape index (κ3) is 3.12. The summed E-state index contributed by atoms with van der Waals surface area (Å²) in [5.41, 5.74) is -1.13. The van der Waals surface area contributed by atoms with E-state index in [1.54, 1.807) is 20.8 Å². The van der Waals surface area contributed by atoms with Gasteiger partial charge in [-0.15, -0.1) is 0 Å². The van der Waals surface area contributed by atoms with Crippen molar-refractivity contribution in [2.45, 2.75) is 32.9 Å². The Labute approximate surface area is 86.4 Å². The third-order valence-corrected chi connectivity index (χ3v) is 1.46. The molecule has 2 N–H and O–H groups in total. The fourth-order valence-corrected chi connectivity index (χ4v) is 0.955. The molecule has 1 heterocycles. The topological polar surface area (TPSA) is 92.1 Å². The molecule has 0 radical (unpaired) electrons. The molecule has 1 aromatic heterocycles. The number of nitrogen functional groups attached to an aromatic ring is 1. The van der Waals surface area contributed by atoms with Gasteiger partial charge in [-0.1, -0.05) is 0 Å². The minimum absolute atomic E-state index is 0.236. The van der Waals surface area contributed by atoms with Crippen LogP contribution in [0.5, 0.6) is 0 Å². The summed E-state index contributed by atoms with van der Waals surface area (Å²) < 4.78 is 6.75. The van der Waals surface area contributed by atoms with Gasteiger partial charge in [0.05, 0.1) is 0 Å². The first kappa shape index (κ1) is 11.3. The molecule has 0 aliphatic heterocycles. The lowest BCUT2D eigenvalue weighted by Gasteiger charge is -2.19. The summed E-state index contributed by atoms with van der Waals surface area (Å²) in [5.74, 6) is 4.69. The van der Waals surface area contributed by atoms with Crippen LogP contribution < -0.4 is 11.5 Å². The molecule has 0 saturated heterocycles. The lowest BCUT2D eigenvalue weighted by molar-refractivity contribution is -0.155. The van der Waals surface area contributed by atoms with Crippen molar-refractivity contribution in [2.75, 3.05) is 5.84 Å². The highest BCUT2D eigenvalue weighted by molar-refractivity contribution is 5.69. The second kappa shape index (κ2) is 3.76. The van der Waals surface area contributed by atoms with Crippen molar-refractivity contribution in [3.05, 3.63) is 16.8 Å². The minimum Gasteiger partial charge on any atom is -0.459 e. The fraction of sp³-hybridized carbons (Fsp3) is 0.625. The molecule has 0 unspecified atom stereocenters. The normalized spacial score (nSPS) is 11.4. The summed E-state index contributed by atoms with van der Waals surface area (Å²) in [6.45, 7) is 5.00. The molecule has 1 rings (SSSR count). The fourth-order valence-electron chi connectivity index (χ4n) is 0.955. The molecule has 0 spiro atoms. The Morgan fingerprint density at radius 1 is 1.60 bits per heavy atom. The zero-order valence-electron chi connectivity index (χ0n) is 8.93. The molecule has 0 aromatic carbocycles. The van der Waals surface area contributed by atoms with Crippen LogP contribution in [-0.4, -0.2) is 26.0 Å². The van der Waals surface area contributed by atoms with E-state index in [0.29, 0.717) is 0 Å². The Hall–Kier alpha value is -1.79. The lowest BCUT2D eigenvalue weighted by Crippen LogP contribution is -2.33. The van der Waals surface area contributed by atoms with Gasteiger partial charge >= 0.3 is 11.7 Å². The van der Waals surface area contributed by atoms with E-state index >= 15 is 0 Å². The van der Waals surface area contributed by atoms with Crippen LogP contribution >= 0.6 is 0 Å². The SMILES string of the molecule is CC(C)(C)OC(=O)Cn1ncn(N)c1=O. The molecular weight excluding hydrogens is 200 g/mol. The van der Waals surface area contributed by atoms with Crippen molar-refractivity contribution in [3.63, 3.8) is 0 Å². The van der Waals surface area contributed by atoms with Gasteiger partial charge in [-0.25, -0.2) is 9.48 Å². The minimum atomic E-state index is -0.577. The van der Waals surface area contributed by atoms with E-state index in [2.05, 4.69) is 5.10 Å². The second-order valence-corrected chi connectivity index (χ2v) is 4.06. The van der Waals surface area contributed by atoms with Crippen LogP contribution in [-0.2, 0) is 16.1 Å². The second-order valence-electron chi connectivity index (χ2n) is 4.06. The predicted octanol–water partition coefficient (Wildman–Crippen LogP) is -0.900. The molecule has 0 amide bonds. The van der Waals surface area contributed by atoms with Crippen molar-refractivity contribution in [3.8, 4) is 0 Å². The Morgan fingerprint density at radius 2 is 2.20 bits per heavy atom. The molecule has 0 saturated carbocycles. The van der Waals surface area contributed by atoms with E-state index in [0.717, 1.165) is 15.7 Å². The van der Waals surface area contributed by atoms with Crippen LogP contribution in [0.25, 0.3) is 0 Å². The number of hydrogen-bond donors (Lipinski definition) is 1. The summed E-state index contributed by atoms with van der Waals surface area (Å²) in [7, 11) is 0. The number of carbonyl (C=O) groups excluding carboxylic acids is 1. The number of carbonyl (C=O) groups is 1. The van der Waals surface area contributed by atoms with Gasteiger partial charge in [0.1, 0.15) is 18.5 Å². The maximum absolute atomic E-state index is 11.3. The average molecular weight is 214 g/mol. The lowest BCUT2D eigenvalue weighted by atomic mass is 10.2. The highest BCUT2D eigenvalue weighted by Gasteiger charge is 2.17. The summed E-state index contributed by atoms with van der Waals surface area (Å²) in [4.78, 5) is 22.5. The van der Waals surface area contributed by atoms with Crippen molar-refractivity contribution >= 4 is 5.97 Å². The van der Waals surface area contributed by atoms with Crippen molar-refractivity contribution in [1.29, 1.82) is 0 Å². The molecule has 1 aromatic rings. The highest BCUT2D eigenvalue weighted by atomic mass is 16.6. The molecule has 84 valence electrons. The maximum Gasteiger partial charge on any atom is 0.364 e.